The Labute approximate surface area is 111 Å². The molecule has 0 amide bonds. The fourth-order valence-electron chi connectivity index (χ4n) is 1.77. The minimum Gasteiger partial charge on any atom is -0.303 e. The van der Waals surface area contributed by atoms with Crippen LogP contribution < -0.4 is 5.32 Å². The van der Waals surface area contributed by atoms with Crippen molar-refractivity contribution in [3.8, 4) is 0 Å². The summed E-state index contributed by atoms with van der Waals surface area (Å²) in [7, 11) is 0. The second-order valence-corrected chi connectivity index (χ2v) is 5.54. The van der Waals surface area contributed by atoms with Crippen LogP contribution in [0.5, 0.6) is 0 Å². The zero-order chi connectivity index (χ0) is 14.7. The molecule has 1 atom stereocenters. The maximum atomic E-state index is 12.4. The highest BCUT2D eigenvalue weighted by Gasteiger charge is 2.30. The minimum absolute atomic E-state index is 0.225. The van der Waals surface area contributed by atoms with Gasteiger partial charge in [0.05, 0.1) is 11.6 Å². The van der Waals surface area contributed by atoms with E-state index in [1.165, 1.54) is 12.1 Å². The van der Waals surface area contributed by atoms with Gasteiger partial charge in [-0.25, -0.2) is 0 Å². The first-order valence-electron chi connectivity index (χ1n) is 6.01. The van der Waals surface area contributed by atoms with Crippen molar-refractivity contribution in [1.29, 1.82) is 0 Å². The molecule has 0 saturated carbocycles. The molecule has 0 fully saturated rings. The lowest BCUT2D eigenvalue weighted by Crippen LogP contribution is -2.45. The van der Waals surface area contributed by atoms with Crippen molar-refractivity contribution in [2.45, 2.75) is 44.9 Å². The number of rotatable bonds is 4. The fourth-order valence-corrected chi connectivity index (χ4v) is 1.77. The summed E-state index contributed by atoms with van der Waals surface area (Å²) in [5, 5.41) is 3.11. The smallest absolute Gasteiger partial charge is 0.303 e. The van der Waals surface area contributed by atoms with Crippen molar-refractivity contribution < 1.29 is 18.0 Å². The average molecular weight is 273 g/mol. The summed E-state index contributed by atoms with van der Waals surface area (Å²) >= 11 is 0. The Morgan fingerprint density at radius 2 is 1.68 bits per heavy atom. The topological polar surface area (TPSA) is 29.1 Å². The van der Waals surface area contributed by atoms with Gasteiger partial charge in [0, 0.05) is 5.54 Å². The third-order valence-electron chi connectivity index (χ3n) is 2.52. The number of hydrogen-bond donors (Lipinski definition) is 1. The van der Waals surface area contributed by atoms with Crippen LogP contribution in [0.1, 0.15) is 31.9 Å². The van der Waals surface area contributed by atoms with Crippen molar-refractivity contribution in [3.05, 3.63) is 35.4 Å². The van der Waals surface area contributed by atoms with Gasteiger partial charge in [0.25, 0.3) is 0 Å². The Kier molecular flexibility index (Phi) is 4.74. The Bertz CT molecular complexity index is 418. The van der Waals surface area contributed by atoms with Crippen LogP contribution in [-0.4, -0.2) is 17.9 Å². The summed E-state index contributed by atoms with van der Waals surface area (Å²) in [6.07, 6.45) is -3.17. The largest absolute Gasteiger partial charge is 0.416 e. The van der Waals surface area contributed by atoms with E-state index in [0.29, 0.717) is 12.0 Å². The van der Waals surface area contributed by atoms with Crippen LogP contribution in [0.15, 0.2) is 24.3 Å². The summed E-state index contributed by atoms with van der Waals surface area (Å²) in [6, 6.07) is 4.48. The van der Waals surface area contributed by atoms with Gasteiger partial charge in [-0.3, -0.25) is 0 Å². The number of alkyl halides is 3. The second kappa shape index (κ2) is 5.74. The minimum atomic E-state index is -4.33. The lowest BCUT2D eigenvalue weighted by Gasteiger charge is -2.25. The highest BCUT2D eigenvalue weighted by atomic mass is 19.4. The van der Waals surface area contributed by atoms with Crippen molar-refractivity contribution in [1.82, 2.24) is 5.32 Å². The summed E-state index contributed by atoms with van der Waals surface area (Å²) in [5.74, 6) is 0. The quantitative estimate of drug-likeness (QED) is 0.853. The molecule has 19 heavy (non-hydrogen) atoms. The summed E-state index contributed by atoms with van der Waals surface area (Å²) in [5.41, 5.74) is -0.207. The van der Waals surface area contributed by atoms with Crippen molar-refractivity contribution in [3.63, 3.8) is 0 Å². The normalized spacial score (nSPS) is 14.2. The Balaban J connectivity index is 2.74. The zero-order valence-corrected chi connectivity index (χ0v) is 11.2. The summed E-state index contributed by atoms with van der Waals surface area (Å²) < 4.78 is 37.2. The number of benzene rings is 1. The fraction of sp³-hybridized carbons (Fsp3) is 0.500. The molecule has 0 saturated heterocycles. The molecule has 0 heterocycles. The van der Waals surface area contributed by atoms with Crippen molar-refractivity contribution in [2.75, 3.05) is 0 Å². The molecule has 1 N–H and O–H groups in total. The van der Waals surface area contributed by atoms with E-state index in [1.807, 2.05) is 20.8 Å². The molecule has 5 heteroatoms. The lowest BCUT2D eigenvalue weighted by molar-refractivity contribution is -0.137. The van der Waals surface area contributed by atoms with Gasteiger partial charge in [0.1, 0.15) is 6.29 Å². The van der Waals surface area contributed by atoms with Gasteiger partial charge < -0.3 is 10.1 Å². The van der Waals surface area contributed by atoms with Crippen LogP contribution in [0.3, 0.4) is 0 Å². The van der Waals surface area contributed by atoms with Crippen LogP contribution in [0.4, 0.5) is 13.2 Å². The Morgan fingerprint density at radius 3 is 2.05 bits per heavy atom. The molecule has 0 bridgehead atoms. The predicted octanol–water partition coefficient (Wildman–Crippen LogP) is 3.20. The van der Waals surface area contributed by atoms with Crippen LogP contribution in [-0.2, 0) is 17.4 Å². The highest BCUT2D eigenvalue weighted by Crippen LogP contribution is 2.29. The monoisotopic (exact) mass is 273 g/mol. The molecule has 0 aromatic heterocycles. The Morgan fingerprint density at radius 1 is 1.16 bits per heavy atom. The maximum absolute atomic E-state index is 12.4. The zero-order valence-electron chi connectivity index (χ0n) is 11.2. The molecular formula is C14H18F3NO. The van der Waals surface area contributed by atoms with Gasteiger partial charge >= 0.3 is 6.18 Å². The van der Waals surface area contributed by atoms with Gasteiger partial charge in [-0.1, -0.05) is 12.1 Å². The summed E-state index contributed by atoms with van der Waals surface area (Å²) in [4.78, 5) is 11.0. The Hall–Kier alpha value is -1.36. The second-order valence-electron chi connectivity index (χ2n) is 5.54. The van der Waals surface area contributed by atoms with Crippen molar-refractivity contribution >= 4 is 6.29 Å². The molecule has 2 nitrogen and oxygen atoms in total. The third-order valence-corrected chi connectivity index (χ3v) is 2.52. The van der Waals surface area contributed by atoms with Crippen LogP contribution in [0.2, 0.25) is 0 Å². The van der Waals surface area contributed by atoms with Crippen LogP contribution >= 0.6 is 0 Å². The standard InChI is InChI=1S/C14H18F3NO/c1-13(2,3)18-12(9-19)8-10-4-6-11(7-5-10)14(15,16)17/h4-7,9,12,18H,8H2,1-3H3/t12-/m0/s1. The van der Waals surface area contributed by atoms with Crippen molar-refractivity contribution in [2.24, 2.45) is 0 Å². The molecule has 1 rings (SSSR count). The van der Waals surface area contributed by atoms with Gasteiger partial charge in [-0.05, 0) is 44.9 Å². The number of nitrogens with one attached hydrogen (secondary N) is 1. The molecule has 0 radical (unpaired) electrons. The number of carbonyl (C=O) groups excluding carboxylic acids is 1. The van der Waals surface area contributed by atoms with E-state index in [4.69, 9.17) is 0 Å². The maximum Gasteiger partial charge on any atom is 0.416 e. The lowest BCUT2D eigenvalue weighted by atomic mass is 10.0. The molecule has 1 aromatic rings. The van der Waals surface area contributed by atoms with E-state index in [1.54, 1.807) is 0 Å². The molecule has 0 aliphatic heterocycles. The molecule has 106 valence electrons. The summed E-state index contributed by atoms with van der Waals surface area (Å²) in [6.45, 7) is 5.78. The number of halogens is 3. The predicted molar refractivity (Wildman–Crippen MR) is 67.9 cm³/mol. The molecule has 0 aliphatic carbocycles. The first-order chi connectivity index (χ1) is 8.62. The average Bonchev–Trinajstić information content (AvgIpc) is 2.26. The van der Waals surface area contributed by atoms with E-state index < -0.39 is 17.8 Å². The molecule has 0 spiro atoms. The van der Waals surface area contributed by atoms with E-state index in [0.717, 1.165) is 18.4 Å². The molecule has 0 unspecified atom stereocenters. The first-order valence-corrected chi connectivity index (χ1v) is 6.01. The van der Waals surface area contributed by atoms with Gasteiger partial charge in [0.2, 0.25) is 0 Å². The van der Waals surface area contributed by atoms with E-state index in [-0.39, 0.29) is 5.54 Å². The molecule has 0 aliphatic rings. The van der Waals surface area contributed by atoms with Crippen LogP contribution in [0.25, 0.3) is 0 Å². The number of aldehydes is 1. The van der Waals surface area contributed by atoms with Gasteiger partial charge in [0.15, 0.2) is 0 Å². The molecule has 1 aromatic carbocycles. The SMILES string of the molecule is CC(C)(C)N[C@H](C=O)Cc1ccc(C(F)(F)F)cc1. The first kappa shape index (κ1) is 15.7. The number of hydrogen-bond acceptors (Lipinski definition) is 2. The van der Waals surface area contributed by atoms with Crippen LogP contribution in [0, 0.1) is 0 Å². The molecular weight excluding hydrogens is 255 g/mol. The van der Waals surface area contributed by atoms with E-state index in [2.05, 4.69) is 5.32 Å². The van der Waals surface area contributed by atoms with E-state index >= 15 is 0 Å². The van der Waals surface area contributed by atoms with E-state index in [9.17, 15) is 18.0 Å². The van der Waals surface area contributed by atoms with Gasteiger partial charge in [-0.15, -0.1) is 0 Å². The highest BCUT2D eigenvalue weighted by molar-refractivity contribution is 5.58. The third kappa shape index (κ3) is 5.42. The number of carbonyl (C=O) groups is 1. The van der Waals surface area contributed by atoms with Gasteiger partial charge in [-0.2, -0.15) is 13.2 Å².